The summed E-state index contributed by atoms with van der Waals surface area (Å²) in [6.07, 6.45) is 4.97. The molecule has 1 amide bonds. The number of hydrogen-bond acceptors (Lipinski definition) is 3. The molecule has 2 rings (SSSR count). The van der Waals surface area contributed by atoms with Gasteiger partial charge in [-0.1, -0.05) is 25.5 Å². The summed E-state index contributed by atoms with van der Waals surface area (Å²) in [5, 5.41) is 2.70. The van der Waals surface area contributed by atoms with Crippen molar-refractivity contribution in [1.29, 1.82) is 0 Å². The highest BCUT2D eigenvalue weighted by Gasteiger charge is 2.10. The van der Waals surface area contributed by atoms with Gasteiger partial charge in [0.25, 0.3) is 5.91 Å². The highest BCUT2D eigenvalue weighted by molar-refractivity contribution is 5.94. The van der Waals surface area contributed by atoms with Gasteiger partial charge in [-0.15, -0.1) is 0 Å². The fraction of sp³-hybridized carbons (Fsp3) is 0.294. The molecule has 1 heterocycles. The number of unbranched alkanes of at least 4 members (excludes halogenated alkanes) is 1. The van der Waals surface area contributed by atoms with Gasteiger partial charge >= 0.3 is 5.97 Å². The highest BCUT2D eigenvalue weighted by atomic mass is 16.5. The number of anilines is 1. The van der Waals surface area contributed by atoms with Crippen LogP contribution in [-0.4, -0.2) is 23.5 Å². The Balaban J connectivity index is 1.78. The standard InChI is InChI=1S/C17H20N2O3/c1-2-3-5-13-7-9-14(10-8-13)19-16(20)12-22-17(21)15-6-4-11-18-15/h4,6-11,18H,2-3,5,12H2,1H3,(H,19,20). The molecular weight excluding hydrogens is 280 g/mol. The minimum Gasteiger partial charge on any atom is -0.451 e. The van der Waals surface area contributed by atoms with Crippen LogP contribution < -0.4 is 5.32 Å². The van der Waals surface area contributed by atoms with E-state index in [4.69, 9.17) is 4.74 Å². The van der Waals surface area contributed by atoms with Crippen molar-refractivity contribution >= 4 is 17.6 Å². The maximum Gasteiger partial charge on any atom is 0.355 e. The van der Waals surface area contributed by atoms with Crippen LogP contribution in [0.2, 0.25) is 0 Å². The average molecular weight is 300 g/mol. The van der Waals surface area contributed by atoms with Crippen molar-refractivity contribution in [1.82, 2.24) is 4.98 Å². The van der Waals surface area contributed by atoms with Gasteiger partial charge in [-0.25, -0.2) is 4.79 Å². The lowest BCUT2D eigenvalue weighted by Crippen LogP contribution is -2.21. The van der Waals surface area contributed by atoms with Gasteiger partial charge in [-0.3, -0.25) is 4.79 Å². The Morgan fingerprint density at radius 3 is 2.59 bits per heavy atom. The van der Waals surface area contributed by atoms with Crippen LogP contribution in [0.1, 0.15) is 35.8 Å². The van der Waals surface area contributed by atoms with Gasteiger partial charge in [0.05, 0.1) is 0 Å². The number of rotatable bonds is 7. The van der Waals surface area contributed by atoms with Crippen LogP contribution in [0, 0.1) is 0 Å². The predicted octanol–water partition coefficient (Wildman–Crippen LogP) is 3.15. The van der Waals surface area contributed by atoms with Crippen molar-refractivity contribution < 1.29 is 14.3 Å². The van der Waals surface area contributed by atoms with E-state index >= 15 is 0 Å². The molecule has 1 aromatic heterocycles. The first-order valence-corrected chi connectivity index (χ1v) is 7.38. The quantitative estimate of drug-likeness (QED) is 0.772. The number of H-pyrrole nitrogens is 1. The number of ether oxygens (including phenoxy) is 1. The second kappa shape index (κ2) is 8.02. The SMILES string of the molecule is CCCCc1ccc(NC(=O)COC(=O)c2ccc[nH]2)cc1. The molecule has 0 spiro atoms. The van der Waals surface area contributed by atoms with E-state index in [9.17, 15) is 9.59 Å². The van der Waals surface area contributed by atoms with Crippen molar-refractivity contribution in [3.63, 3.8) is 0 Å². The first-order valence-electron chi connectivity index (χ1n) is 7.38. The summed E-state index contributed by atoms with van der Waals surface area (Å²) in [5.41, 5.74) is 2.27. The van der Waals surface area contributed by atoms with Crippen LogP contribution in [0.5, 0.6) is 0 Å². The zero-order valence-electron chi connectivity index (χ0n) is 12.6. The van der Waals surface area contributed by atoms with E-state index in [2.05, 4.69) is 17.2 Å². The van der Waals surface area contributed by atoms with E-state index in [-0.39, 0.29) is 12.5 Å². The van der Waals surface area contributed by atoms with E-state index in [0.29, 0.717) is 11.4 Å². The van der Waals surface area contributed by atoms with Gasteiger partial charge in [-0.2, -0.15) is 0 Å². The molecule has 0 bridgehead atoms. The second-order valence-electron chi connectivity index (χ2n) is 5.01. The first kappa shape index (κ1) is 15.8. The van der Waals surface area contributed by atoms with Gasteiger partial charge in [0, 0.05) is 11.9 Å². The van der Waals surface area contributed by atoms with Crippen molar-refractivity contribution in [2.75, 3.05) is 11.9 Å². The molecule has 22 heavy (non-hydrogen) atoms. The van der Waals surface area contributed by atoms with E-state index in [0.717, 1.165) is 19.3 Å². The lowest BCUT2D eigenvalue weighted by atomic mass is 10.1. The number of nitrogens with one attached hydrogen (secondary N) is 2. The summed E-state index contributed by atoms with van der Waals surface area (Å²) in [6.45, 7) is 1.85. The molecule has 0 saturated carbocycles. The summed E-state index contributed by atoms with van der Waals surface area (Å²) < 4.78 is 4.92. The normalized spacial score (nSPS) is 10.2. The van der Waals surface area contributed by atoms with Crippen LogP contribution in [0.4, 0.5) is 5.69 Å². The number of amides is 1. The molecule has 0 aliphatic carbocycles. The summed E-state index contributed by atoms with van der Waals surface area (Å²) >= 11 is 0. The fourth-order valence-corrected chi connectivity index (χ4v) is 2.00. The third-order valence-electron chi connectivity index (χ3n) is 3.21. The Morgan fingerprint density at radius 1 is 1.18 bits per heavy atom. The minimum atomic E-state index is -0.546. The molecule has 5 heteroatoms. The maximum absolute atomic E-state index is 11.7. The van der Waals surface area contributed by atoms with E-state index in [1.54, 1.807) is 18.3 Å². The Bertz CT molecular complexity index is 603. The summed E-state index contributed by atoms with van der Waals surface area (Å²) in [4.78, 5) is 26.0. The summed E-state index contributed by atoms with van der Waals surface area (Å²) in [5.74, 6) is -0.906. The van der Waals surface area contributed by atoms with Crippen molar-refractivity contribution in [2.45, 2.75) is 26.2 Å². The van der Waals surface area contributed by atoms with Crippen LogP contribution in [0.3, 0.4) is 0 Å². The number of esters is 1. The molecule has 0 saturated heterocycles. The van der Waals surface area contributed by atoms with Crippen molar-refractivity contribution in [3.05, 3.63) is 53.9 Å². The summed E-state index contributed by atoms with van der Waals surface area (Å²) in [6, 6.07) is 11.0. The van der Waals surface area contributed by atoms with Gasteiger partial charge in [0.15, 0.2) is 6.61 Å². The molecule has 0 radical (unpaired) electrons. The lowest BCUT2D eigenvalue weighted by Gasteiger charge is -2.07. The van der Waals surface area contributed by atoms with Gasteiger partial charge in [-0.05, 0) is 42.7 Å². The van der Waals surface area contributed by atoms with Crippen LogP contribution >= 0.6 is 0 Å². The lowest BCUT2D eigenvalue weighted by molar-refractivity contribution is -0.119. The number of aromatic amines is 1. The highest BCUT2D eigenvalue weighted by Crippen LogP contribution is 2.11. The largest absolute Gasteiger partial charge is 0.451 e. The van der Waals surface area contributed by atoms with Crippen molar-refractivity contribution in [3.8, 4) is 0 Å². The monoisotopic (exact) mass is 300 g/mol. The molecule has 116 valence electrons. The number of hydrogen-bond donors (Lipinski definition) is 2. The molecule has 0 aliphatic rings. The third kappa shape index (κ3) is 4.77. The summed E-state index contributed by atoms with van der Waals surface area (Å²) in [7, 11) is 0. The molecule has 0 unspecified atom stereocenters. The third-order valence-corrected chi connectivity index (χ3v) is 3.21. The second-order valence-corrected chi connectivity index (χ2v) is 5.01. The molecule has 0 fully saturated rings. The fourth-order valence-electron chi connectivity index (χ4n) is 2.00. The van der Waals surface area contributed by atoms with Crippen LogP contribution in [-0.2, 0) is 16.0 Å². The molecule has 2 N–H and O–H groups in total. The Kier molecular flexibility index (Phi) is 5.77. The molecule has 2 aromatic rings. The van der Waals surface area contributed by atoms with Gasteiger partial charge in [0.2, 0.25) is 0 Å². The molecule has 0 atom stereocenters. The number of carbonyl (C=O) groups excluding carboxylic acids is 2. The Labute approximate surface area is 129 Å². The van der Waals surface area contributed by atoms with Crippen LogP contribution in [0.15, 0.2) is 42.6 Å². The van der Waals surface area contributed by atoms with E-state index < -0.39 is 5.97 Å². The number of benzene rings is 1. The number of carbonyl (C=O) groups is 2. The topological polar surface area (TPSA) is 71.2 Å². The molecule has 1 aromatic carbocycles. The smallest absolute Gasteiger partial charge is 0.355 e. The zero-order chi connectivity index (χ0) is 15.8. The van der Waals surface area contributed by atoms with Crippen molar-refractivity contribution in [2.24, 2.45) is 0 Å². The Morgan fingerprint density at radius 2 is 1.95 bits per heavy atom. The first-order chi connectivity index (χ1) is 10.7. The van der Waals surface area contributed by atoms with Gasteiger partial charge in [0.1, 0.15) is 5.69 Å². The average Bonchev–Trinajstić information content (AvgIpc) is 3.06. The maximum atomic E-state index is 11.7. The number of aryl methyl sites for hydroxylation is 1. The van der Waals surface area contributed by atoms with Crippen LogP contribution in [0.25, 0.3) is 0 Å². The Hall–Kier alpha value is -2.56. The predicted molar refractivity (Wildman–Crippen MR) is 84.8 cm³/mol. The number of aromatic nitrogens is 1. The molecule has 0 aliphatic heterocycles. The van der Waals surface area contributed by atoms with E-state index in [1.165, 1.54) is 5.56 Å². The zero-order valence-corrected chi connectivity index (χ0v) is 12.6. The minimum absolute atomic E-state index is 0.310. The van der Waals surface area contributed by atoms with Gasteiger partial charge < -0.3 is 15.0 Å². The molecule has 5 nitrogen and oxygen atoms in total. The molecular formula is C17H20N2O3. The van der Waals surface area contributed by atoms with E-state index in [1.807, 2.05) is 24.3 Å².